The van der Waals surface area contributed by atoms with E-state index < -0.39 is 5.41 Å². The van der Waals surface area contributed by atoms with Gasteiger partial charge in [-0.3, -0.25) is 0 Å². The van der Waals surface area contributed by atoms with Crippen molar-refractivity contribution < 1.29 is 9.47 Å². The van der Waals surface area contributed by atoms with Gasteiger partial charge in [0.1, 0.15) is 11.5 Å². The molecule has 0 aliphatic heterocycles. The summed E-state index contributed by atoms with van der Waals surface area (Å²) in [6.45, 7) is 8.94. The van der Waals surface area contributed by atoms with Crippen molar-refractivity contribution in [3.63, 3.8) is 0 Å². The minimum Gasteiger partial charge on any atom is -0.497 e. The zero-order valence-corrected chi connectivity index (χ0v) is 23.8. The molecular formula is C37H36O2. The van der Waals surface area contributed by atoms with E-state index in [0.29, 0.717) is 0 Å². The summed E-state index contributed by atoms with van der Waals surface area (Å²) in [6, 6.07) is 27.2. The SMILES string of the molecule is COc1ccc(C(C2=CC=CC2)(c2ccc(OC)cc2)C2c3cc(C)c(C)cc3-c3cc(C)c(C)cc32)cc1. The molecule has 0 atom stereocenters. The molecule has 2 aliphatic carbocycles. The smallest absolute Gasteiger partial charge is 0.118 e. The van der Waals surface area contributed by atoms with Gasteiger partial charge in [-0.15, -0.1) is 0 Å². The number of hydrogen-bond acceptors (Lipinski definition) is 2. The molecule has 0 spiro atoms. The fraction of sp³-hybridized carbons (Fsp3) is 0.243. The van der Waals surface area contributed by atoms with Crippen LogP contribution in [0.15, 0.2) is 96.6 Å². The average molecular weight is 513 g/mol. The van der Waals surface area contributed by atoms with Gasteiger partial charge in [0.15, 0.2) is 0 Å². The number of ether oxygens (including phenoxy) is 2. The minimum absolute atomic E-state index is 0.106. The van der Waals surface area contributed by atoms with Crippen molar-refractivity contribution in [1.29, 1.82) is 0 Å². The lowest BCUT2D eigenvalue weighted by Gasteiger charge is -2.43. The number of hydrogen-bond donors (Lipinski definition) is 0. The molecule has 0 aromatic heterocycles. The Bertz CT molecular complexity index is 1510. The van der Waals surface area contributed by atoms with E-state index in [0.717, 1.165) is 17.9 Å². The lowest BCUT2D eigenvalue weighted by atomic mass is 9.58. The Hall–Kier alpha value is -4.04. The normalized spacial score (nSPS) is 14.3. The van der Waals surface area contributed by atoms with Crippen molar-refractivity contribution in [2.45, 2.75) is 45.4 Å². The maximum Gasteiger partial charge on any atom is 0.118 e. The van der Waals surface area contributed by atoms with Crippen LogP contribution in [0.5, 0.6) is 11.5 Å². The molecule has 4 aromatic rings. The van der Waals surface area contributed by atoms with Crippen LogP contribution in [0.3, 0.4) is 0 Å². The minimum atomic E-state index is -0.425. The van der Waals surface area contributed by atoms with Crippen LogP contribution in [0, 0.1) is 27.7 Å². The molecule has 0 bridgehead atoms. The number of fused-ring (bicyclic) bond motifs is 3. The zero-order chi connectivity index (χ0) is 27.3. The molecule has 0 unspecified atom stereocenters. The number of aryl methyl sites for hydroxylation is 4. The van der Waals surface area contributed by atoms with Crippen LogP contribution in [0.25, 0.3) is 11.1 Å². The molecule has 0 heterocycles. The van der Waals surface area contributed by atoms with Crippen LogP contribution in [0.2, 0.25) is 0 Å². The summed E-state index contributed by atoms with van der Waals surface area (Å²) in [7, 11) is 3.46. The van der Waals surface area contributed by atoms with Crippen LogP contribution in [0.1, 0.15) is 56.8 Å². The number of allylic oxidation sites excluding steroid dienone is 4. The summed E-state index contributed by atoms with van der Waals surface area (Å²) in [5.41, 5.74) is 14.4. The molecule has 4 aromatic carbocycles. The standard InChI is InChI=1S/C37H36O2/c1-23-19-32-33-20-24(2)26(4)22-35(33)36(34(32)21-25(23)3)37(27-9-7-8-10-27,28-11-15-30(38-5)16-12-28)29-13-17-31(39-6)18-14-29/h7-9,11-22,36H,10H2,1-6H3. The summed E-state index contributed by atoms with van der Waals surface area (Å²) in [4.78, 5) is 0. The molecular weight excluding hydrogens is 476 g/mol. The predicted octanol–water partition coefficient (Wildman–Crippen LogP) is 8.92. The maximum absolute atomic E-state index is 5.60. The van der Waals surface area contributed by atoms with Gasteiger partial charge in [0.05, 0.1) is 19.6 Å². The largest absolute Gasteiger partial charge is 0.497 e. The third kappa shape index (κ3) is 3.85. The van der Waals surface area contributed by atoms with E-state index in [2.05, 4.69) is 119 Å². The third-order valence-electron chi connectivity index (χ3n) is 9.05. The zero-order valence-electron chi connectivity index (χ0n) is 23.8. The molecule has 0 saturated heterocycles. The fourth-order valence-electron chi connectivity index (χ4n) is 6.76. The Morgan fingerprint density at radius 1 is 0.615 bits per heavy atom. The Morgan fingerprint density at radius 2 is 1.05 bits per heavy atom. The summed E-state index contributed by atoms with van der Waals surface area (Å²) in [5.74, 6) is 1.84. The first-order valence-electron chi connectivity index (χ1n) is 13.8. The second kappa shape index (κ2) is 9.61. The van der Waals surface area contributed by atoms with Crippen LogP contribution in [0.4, 0.5) is 0 Å². The first-order valence-corrected chi connectivity index (χ1v) is 13.8. The number of rotatable bonds is 6. The molecule has 2 heteroatoms. The molecule has 2 nitrogen and oxygen atoms in total. The van der Waals surface area contributed by atoms with E-state index >= 15 is 0 Å². The highest BCUT2D eigenvalue weighted by molar-refractivity contribution is 5.83. The Morgan fingerprint density at radius 3 is 1.44 bits per heavy atom. The molecule has 2 aliphatic rings. The summed E-state index contributed by atoms with van der Waals surface area (Å²) >= 11 is 0. The van der Waals surface area contributed by atoms with Crippen molar-refractivity contribution in [1.82, 2.24) is 0 Å². The van der Waals surface area contributed by atoms with Gasteiger partial charge in [-0.1, -0.05) is 72.3 Å². The monoisotopic (exact) mass is 512 g/mol. The molecule has 6 rings (SSSR count). The van der Waals surface area contributed by atoms with Crippen molar-refractivity contribution in [3.8, 4) is 22.6 Å². The molecule has 0 amide bonds. The molecule has 39 heavy (non-hydrogen) atoms. The van der Waals surface area contributed by atoms with Gasteiger partial charge in [0.2, 0.25) is 0 Å². The van der Waals surface area contributed by atoms with Crippen molar-refractivity contribution >= 4 is 0 Å². The van der Waals surface area contributed by atoms with E-state index in [9.17, 15) is 0 Å². The predicted molar refractivity (Wildman–Crippen MR) is 161 cm³/mol. The van der Waals surface area contributed by atoms with Crippen LogP contribution in [-0.4, -0.2) is 14.2 Å². The molecule has 0 radical (unpaired) electrons. The van der Waals surface area contributed by atoms with Gasteiger partial charge in [-0.25, -0.2) is 0 Å². The fourth-order valence-corrected chi connectivity index (χ4v) is 6.76. The lowest BCUT2D eigenvalue weighted by Crippen LogP contribution is -2.37. The van der Waals surface area contributed by atoms with Gasteiger partial charge >= 0.3 is 0 Å². The average Bonchev–Trinajstić information content (AvgIpc) is 3.59. The summed E-state index contributed by atoms with van der Waals surface area (Å²) in [5, 5.41) is 0. The lowest BCUT2D eigenvalue weighted by molar-refractivity contribution is 0.413. The van der Waals surface area contributed by atoms with E-state index in [4.69, 9.17) is 9.47 Å². The highest BCUT2D eigenvalue weighted by Gasteiger charge is 2.50. The van der Waals surface area contributed by atoms with Crippen molar-refractivity contribution in [2.75, 3.05) is 14.2 Å². The Balaban J connectivity index is 1.76. The van der Waals surface area contributed by atoms with Crippen LogP contribution >= 0.6 is 0 Å². The van der Waals surface area contributed by atoms with Gasteiger partial charge in [-0.05, 0) is 114 Å². The maximum atomic E-state index is 5.60. The first kappa shape index (κ1) is 25.2. The van der Waals surface area contributed by atoms with Crippen molar-refractivity contribution in [2.24, 2.45) is 0 Å². The molecule has 0 fully saturated rings. The molecule has 196 valence electrons. The topological polar surface area (TPSA) is 18.5 Å². The van der Waals surface area contributed by atoms with Gasteiger partial charge in [0, 0.05) is 5.92 Å². The van der Waals surface area contributed by atoms with Gasteiger partial charge < -0.3 is 9.47 Å². The Kier molecular flexibility index (Phi) is 6.22. The van der Waals surface area contributed by atoms with E-state index in [1.165, 1.54) is 61.2 Å². The van der Waals surface area contributed by atoms with Gasteiger partial charge in [-0.2, -0.15) is 0 Å². The van der Waals surface area contributed by atoms with Crippen molar-refractivity contribution in [3.05, 3.63) is 141 Å². The first-order chi connectivity index (χ1) is 18.9. The van der Waals surface area contributed by atoms with Crippen LogP contribution < -0.4 is 9.47 Å². The molecule has 0 N–H and O–H groups in total. The highest BCUT2D eigenvalue weighted by atomic mass is 16.5. The quantitative estimate of drug-likeness (QED) is 0.257. The highest BCUT2D eigenvalue weighted by Crippen LogP contribution is 2.61. The second-order valence-electron chi connectivity index (χ2n) is 11.1. The number of benzene rings is 4. The second-order valence-corrected chi connectivity index (χ2v) is 11.1. The van der Waals surface area contributed by atoms with Gasteiger partial charge in [0.25, 0.3) is 0 Å². The summed E-state index contributed by atoms with van der Waals surface area (Å²) in [6.07, 6.45) is 7.76. The van der Waals surface area contributed by atoms with E-state index in [1.54, 1.807) is 14.2 Å². The number of methoxy groups -OCH3 is 2. The van der Waals surface area contributed by atoms with E-state index in [1.807, 2.05) is 0 Å². The van der Waals surface area contributed by atoms with E-state index in [-0.39, 0.29) is 5.92 Å². The molecule has 0 saturated carbocycles. The third-order valence-corrected chi connectivity index (χ3v) is 9.05. The Labute approximate surface area is 232 Å². The van der Waals surface area contributed by atoms with Crippen LogP contribution in [-0.2, 0) is 5.41 Å². The summed E-state index contributed by atoms with van der Waals surface area (Å²) < 4.78 is 11.2.